The van der Waals surface area contributed by atoms with E-state index in [0.29, 0.717) is 0 Å². The monoisotopic (exact) mass is 398 g/mol. The standard InChI is InChI=1S/C30H38/c1-2-16-17(3-1)23-11-22(16)28-15-9-20(21(10-15)30(23)28)18-6-7-19-24-12-25(29(18)19)27-14-5-4-13(8-14)26(24)27/h1,3,6-7,13-30H,2,4-5,8-12H2. The molecule has 0 saturated heterocycles. The first-order chi connectivity index (χ1) is 14.9. The maximum absolute atomic E-state index is 2.85. The highest BCUT2D eigenvalue weighted by Gasteiger charge is 2.71. The highest BCUT2D eigenvalue weighted by molar-refractivity contribution is 5.26. The number of fused-ring (bicyclic) bond motifs is 24. The van der Waals surface area contributed by atoms with E-state index in [1.54, 1.807) is 44.9 Å². The summed E-state index contributed by atoms with van der Waals surface area (Å²) in [7, 11) is 0. The number of hydrogen-bond acceptors (Lipinski definition) is 0. The van der Waals surface area contributed by atoms with E-state index in [4.69, 9.17) is 0 Å². The quantitative estimate of drug-likeness (QED) is 0.352. The van der Waals surface area contributed by atoms with Crippen LogP contribution in [0.25, 0.3) is 0 Å². The van der Waals surface area contributed by atoms with Crippen molar-refractivity contribution in [2.24, 2.45) is 107 Å². The first-order valence-corrected chi connectivity index (χ1v) is 14.2. The Kier molecular flexibility index (Phi) is 2.70. The lowest BCUT2D eigenvalue weighted by Gasteiger charge is -2.48. The lowest BCUT2D eigenvalue weighted by molar-refractivity contribution is 0.00721. The second-order valence-corrected chi connectivity index (χ2v) is 14.4. The summed E-state index contributed by atoms with van der Waals surface area (Å²) in [5.41, 5.74) is 0. The predicted octanol–water partition coefficient (Wildman–Crippen LogP) is 6.45. The summed E-state index contributed by atoms with van der Waals surface area (Å²) in [4.78, 5) is 0. The van der Waals surface area contributed by atoms with Crippen molar-refractivity contribution in [2.75, 3.05) is 0 Å². The minimum absolute atomic E-state index is 1.01. The molecule has 0 heterocycles. The van der Waals surface area contributed by atoms with Gasteiger partial charge in [0, 0.05) is 0 Å². The lowest BCUT2D eigenvalue weighted by Crippen LogP contribution is -2.43. The van der Waals surface area contributed by atoms with Crippen molar-refractivity contribution >= 4 is 0 Å². The van der Waals surface area contributed by atoms with Gasteiger partial charge in [-0.25, -0.2) is 0 Å². The molecule has 158 valence electrons. The fraction of sp³-hybridized carbons (Fsp3) is 0.867. The summed E-state index contributed by atoms with van der Waals surface area (Å²) in [5, 5.41) is 0. The van der Waals surface area contributed by atoms with Crippen LogP contribution < -0.4 is 0 Å². The second-order valence-electron chi connectivity index (χ2n) is 14.4. The van der Waals surface area contributed by atoms with Crippen molar-refractivity contribution in [1.29, 1.82) is 0 Å². The fourth-order valence-corrected chi connectivity index (χ4v) is 14.6. The van der Waals surface area contributed by atoms with Crippen molar-refractivity contribution < 1.29 is 0 Å². The van der Waals surface area contributed by atoms with E-state index >= 15 is 0 Å². The Morgan fingerprint density at radius 3 is 1.97 bits per heavy atom. The van der Waals surface area contributed by atoms with Crippen LogP contribution in [0, 0.1) is 107 Å². The third-order valence-electron chi connectivity index (χ3n) is 14.5. The molecule has 8 fully saturated rings. The van der Waals surface area contributed by atoms with E-state index < -0.39 is 0 Å². The SMILES string of the molecule is C1=CC2C(C1)C1CC2C2C3CC(CC3C3C=CC4C5CC(C34)C3C4CCC(C4)C53)C12. The molecule has 0 aromatic rings. The maximum atomic E-state index is 2.85. The van der Waals surface area contributed by atoms with E-state index in [2.05, 4.69) is 24.3 Å². The number of hydrogen-bond donors (Lipinski definition) is 0. The van der Waals surface area contributed by atoms with E-state index in [1.165, 1.54) is 30.1 Å². The predicted molar refractivity (Wildman–Crippen MR) is 118 cm³/mol. The molecule has 0 aromatic heterocycles. The minimum atomic E-state index is 1.01. The zero-order valence-electron chi connectivity index (χ0n) is 18.4. The van der Waals surface area contributed by atoms with Crippen molar-refractivity contribution in [1.82, 2.24) is 0 Å². The molecule has 0 spiro atoms. The summed E-state index contributed by atoms with van der Waals surface area (Å²) in [6, 6.07) is 0. The van der Waals surface area contributed by atoms with Gasteiger partial charge in [0.15, 0.2) is 0 Å². The summed E-state index contributed by atoms with van der Waals surface area (Å²) < 4.78 is 0. The largest absolute Gasteiger partial charge is 0.0879 e. The van der Waals surface area contributed by atoms with Gasteiger partial charge in [-0.05, 0) is 158 Å². The molecule has 0 N–H and O–H groups in total. The molecule has 8 saturated carbocycles. The number of allylic oxidation sites excluding steroid dienone is 4. The first kappa shape index (κ1) is 16.1. The molecular formula is C30H38. The van der Waals surface area contributed by atoms with Gasteiger partial charge in [0.2, 0.25) is 0 Å². The molecule has 0 aliphatic heterocycles. The topological polar surface area (TPSA) is 0 Å². The van der Waals surface area contributed by atoms with Gasteiger partial charge in [-0.1, -0.05) is 24.3 Å². The average Bonchev–Trinajstić information content (AvgIpc) is 3.61. The Morgan fingerprint density at radius 1 is 0.400 bits per heavy atom. The van der Waals surface area contributed by atoms with Crippen molar-refractivity contribution in [3.8, 4) is 0 Å². The molecule has 0 aromatic carbocycles. The van der Waals surface area contributed by atoms with Crippen LogP contribution in [-0.4, -0.2) is 0 Å². The molecule has 18 atom stereocenters. The summed E-state index contributed by atoms with van der Waals surface area (Å²) in [5.74, 6) is 20.2. The van der Waals surface area contributed by atoms with Crippen LogP contribution in [-0.2, 0) is 0 Å². The summed E-state index contributed by atoms with van der Waals surface area (Å²) in [6.45, 7) is 0. The molecule has 0 radical (unpaired) electrons. The smallest absolute Gasteiger partial charge is 0.0165 e. The molecule has 10 aliphatic rings. The van der Waals surface area contributed by atoms with Crippen LogP contribution in [0.3, 0.4) is 0 Å². The first-order valence-electron chi connectivity index (χ1n) is 14.2. The van der Waals surface area contributed by atoms with E-state index in [0.717, 1.165) is 82.9 Å². The highest BCUT2D eigenvalue weighted by Crippen LogP contribution is 2.77. The van der Waals surface area contributed by atoms with Crippen molar-refractivity contribution in [3.05, 3.63) is 24.3 Å². The van der Waals surface area contributed by atoms with E-state index in [9.17, 15) is 0 Å². The molecular weight excluding hydrogens is 360 g/mol. The van der Waals surface area contributed by atoms with Gasteiger partial charge in [0.25, 0.3) is 0 Å². The Bertz CT molecular complexity index is 880. The van der Waals surface area contributed by atoms with Crippen LogP contribution in [0.4, 0.5) is 0 Å². The van der Waals surface area contributed by atoms with Gasteiger partial charge in [0.1, 0.15) is 0 Å². The zero-order valence-corrected chi connectivity index (χ0v) is 18.4. The van der Waals surface area contributed by atoms with Gasteiger partial charge in [-0.3, -0.25) is 0 Å². The average molecular weight is 399 g/mol. The van der Waals surface area contributed by atoms with Gasteiger partial charge < -0.3 is 0 Å². The van der Waals surface area contributed by atoms with Gasteiger partial charge in [-0.2, -0.15) is 0 Å². The van der Waals surface area contributed by atoms with E-state index in [1.807, 2.05) is 0 Å². The molecule has 8 bridgehead atoms. The van der Waals surface area contributed by atoms with Crippen molar-refractivity contribution in [3.63, 3.8) is 0 Å². The van der Waals surface area contributed by atoms with Crippen LogP contribution in [0.15, 0.2) is 24.3 Å². The Hall–Kier alpha value is -0.520. The molecule has 30 heavy (non-hydrogen) atoms. The molecule has 10 rings (SSSR count). The molecule has 0 amide bonds. The zero-order chi connectivity index (χ0) is 18.9. The minimum Gasteiger partial charge on any atom is -0.0879 e. The highest BCUT2D eigenvalue weighted by atomic mass is 14.8. The van der Waals surface area contributed by atoms with Crippen molar-refractivity contribution in [2.45, 2.75) is 51.4 Å². The molecule has 18 unspecified atom stereocenters. The third-order valence-corrected chi connectivity index (χ3v) is 14.5. The summed E-state index contributed by atoms with van der Waals surface area (Å²) >= 11 is 0. The lowest BCUT2D eigenvalue weighted by atomic mass is 9.57. The number of rotatable bonds is 1. The van der Waals surface area contributed by atoms with Crippen LogP contribution >= 0.6 is 0 Å². The van der Waals surface area contributed by atoms with Crippen LogP contribution in [0.2, 0.25) is 0 Å². The normalized spacial score (nSPS) is 73.3. The Morgan fingerprint density at radius 2 is 1.07 bits per heavy atom. The maximum Gasteiger partial charge on any atom is -0.0165 e. The second kappa shape index (κ2) is 5.02. The third kappa shape index (κ3) is 1.55. The fourth-order valence-electron chi connectivity index (χ4n) is 14.6. The Balaban J connectivity index is 0.983. The Labute approximate surface area is 182 Å². The van der Waals surface area contributed by atoms with E-state index in [-0.39, 0.29) is 0 Å². The van der Waals surface area contributed by atoms with Crippen LogP contribution in [0.1, 0.15) is 51.4 Å². The van der Waals surface area contributed by atoms with Gasteiger partial charge >= 0.3 is 0 Å². The molecule has 0 heteroatoms. The molecule has 0 nitrogen and oxygen atoms in total. The van der Waals surface area contributed by atoms with Crippen LogP contribution in [0.5, 0.6) is 0 Å². The van der Waals surface area contributed by atoms with Gasteiger partial charge in [0.05, 0.1) is 0 Å². The van der Waals surface area contributed by atoms with Gasteiger partial charge in [-0.15, -0.1) is 0 Å². The molecule has 10 aliphatic carbocycles. The summed E-state index contributed by atoms with van der Waals surface area (Å²) in [6.07, 6.45) is 23.8.